The summed E-state index contributed by atoms with van der Waals surface area (Å²) in [5.74, 6) is -0.442. The summed E-state index contributed by atoms with van der Waals surface area (Å²) in [5, 5.41) is 3.73. The fraction of sp³-hybridized carbons (Fsp3) is 0.115. The summed E-state index contributed by atoms with van der Waals surface area (Å²) >= 11 is 5.78. The Balaban J connectivity index is 1.75. The second-order valence-electron chi connectivity index (χ2n) is 7.42. The van der Waals surface area contributed by atoms with Crippen LogP contribution in [-0.2, 0) is 4.79 Å². The van der Waals surface area contributed by atoms with Crippen molar-refractivity contribution in [3.05, 3.63) is 88.9 Å². The van der Waals surface area contributed by atoms with Gasteiger partial charge in [0.1, 0.15) is 17.1 Å². The lowest BCUT2D eigenvalue weighted by Gasteiger charge is -2.13. The minimum atomic E-state index is -0.599. The Morgan fingerprint density at radius 3 is 2.59 bits per heavy atom. The number of allylic oxidation sites excluding steroid dienone is 1. The number of ether oxygens (including phenoxy) is 1. The maximum absolute atomic E-state index is 14.0. The highest BCUT2D eigenvalue weighted by molar-refractivity contribution is 6.30. The van der Waals surface area contributed by atoms with Gasteiger partial charge in [0.2, 0.25) is 5.91 Å². The lowest BCUT2D eigenvalue weighted by molar-refractivity contribution is -0.111. The van der Waals surface area contributed by atoms with Crippen LogP contribution in [0.2, 0.25) is 5.02 Å². The van der Waals surface area contributed by atoms with Crippen LogP contribution in [0.1, 0.15) is 18.1 Å². The number of amides is 1. The van der Waals surface area contributed by atoms with E-state index in [2.05, 4.69) is 5.32 Å². The summed E-state index contributed by atoms with van der Waals surface area (Å²) in [6.45, 7) is 3.72. The van der Waals surface area contributed by atoms with Gasteiger partial charge in [0, 0.05) is 33.2 Å². The Bertz CT molecular complexity index is 1340. The number of benzene rings is 3. The molecule has 4 nitrogen and oxygen atoms in total. The van der Waals surface area contributed by atoms with E-state index in [0.717, 1.165) is 39.3 Å². The van der Waals surface area contributed by atoms with Gasteiger partial charge in [0.25, 0.3) is 0 Å². The zero-order chi connectivity index (χ0) is 22.8. The van der Waals surface area contributed by atoms with E-state index in [1.807, 2.05) is 50.2 Å². The van der Waals surface area contributed by atoms with Crippen molar-refractivity contribution in [2.45, 2.75) is 13.8 Å². The van der Waals surface area contributed by atoms with Crippen LogP contribution in [0, 0.1) is 12.7 Å². The van der Waals surface area contributed by atoms with Gasteiger partial charge in [-0.1, -0.05) is 41.9 Å². The van der Waals surface area contributed by atoms with E-state index in [0.29, 0.717) is 11.3 Å². The molecule has 6 heteroatoms. The van der Waals surface area contributed by atoms with Crippen molar-refractivity contribution in [2.24, 2.45) is 0 Å². The van der Waals surface area contributed by atoms with Gasteiger partial charge in [-0.05, 0) is 49.2 Å². The first-order valence-electron chi connectivity index (χ1n) is 9.98. The van der Waals surface area contributed by atoms with E-state index in [9.17, 15) is 9.18 Å². The van der Waals surface area contributed by atoms with Crippen molar-refractivity contribution >= 4 is 39.7 Å². The molecule has 0 aliphatic carbocycles. The van der Waals surface area contributed by atoms with E-state index in [1.54, 1.807) is 13.4 Å². The van der Waals surface area contributed by atoms with Crippen LogP contribution in [-0.4, -0.2) is 13.0 Å². The molecule has 4 aromatic rings. The fourth-order valence-electron chi connectivity index (χ4n) is 3.75. The normalized spacial score (nSPS) is 11.6. The third kappa shape index (κ3) is 4.12. The predicted molar refractivity (Wildman–Crippen MR) is 127 cm³/mol. The average molecular weight is 450 g/mol. The number of aryl methyl sites for hydroxylation is 1. The summed E-state index contributed by atoms with van der Waals surface area (Å²) in [4.78, 5) is 12.6. The highest BCUT2D eigenvalue weighted by Crippen LogP contribution is 2.40. The predicted octanol–water partition coefficient (Wildman–Crippen LogP) is 7.25. The van der Waals surface area contributed by atoms with Gasteiger partial charge in [-0.2, -0.15) is 0 Å². The molecule has 0 radical (unpaired) electrons. The second kappa shape index (κ2) is 8.89. The highest BCUT2D eigenvalue weighted by atomic mass is 35.5. The first-order valence-corrected chi connectivity index (χ1v) is 10.4. The molecule has 0 spiro atoms. The van der Waals surface area contributed by atoms with Crippen molar-refractivity contribution in [1.29, 1.82) is 0 Å². The number of anilines is 1. The van der Waals surface area contributed by atoms with Gasteiger partial charge in [0.15, 0.2) is 0 Å². The number of methoxy groups -OCH3 is 1. The van der Waals surface area contributed by atoms with Crippen molar-refractivity contribution in [1.82, 2.24) is 0 Å². The number of hydrogen-bond acceptors (Lipinski definition) is 3. The summed E-state index contributed by atoms with van der Waals surface area (Å²) in [5.41, 5.74) is 5.02. The third-order valence-corrected chi connectivity index (χ3v) is 5.53. The Morgan fingerprint density at radius 1 is 1.16 bits per heavy atom. The van der Waals surface area contributed by atoms with Crippen LogP contribution < -0.4 is 10.1 Å². The fourth-order valence-corrected chi connectivity index (χ4v) is 3.91. The van der Waals surface area contributed by atoms with Gasteiger partial charge in [-0.3, -0.25) is 4.79 Å². The molecule has 0 fully saturated rings. The first kappa shape index (κ1) is 21.7. The molecular formula is C26H21ClFNO3. The molecule has 1 heterocycles. The Hall–Kier alpha value is -3.57. The molecule has 162 valence electrons. The van der Waals surface area contributed by atoms with E-state index >= 15 is 0 Å². The zero-order valence-electron chi connectivity index (χ0n) is 17.8. The summed E-state index contributed by atoms with van der Waals surface area (Å²) in [6.07, 6.45) is 3.14. The minimum Gasteiger partial charge on any atom is -0.496 e. The lowest BCUT2D eigenvalue weighted by Crippen LogP contribution is -2.10. The number of nitrogens with one attached hydrogen (secondary N) is 1. The first-order chi connectivity index (χ1) is 15.4. The van der Waals surface area contributed by atoms with Gasteiger partial charge >= 0.3 is 0 Å². The molecule has 4 rings (SSSR count). The monoisotopic (exact) mass is 449 g/mol. The number of fused-ring (bicyclic) bond motifs is 1. The number of carbonyl (C=O) groups excluding carboxylic acids is 1. The summed E-state index contributed by atoms with van der Waals surface area (Å²) in [7, 11) is 1.58. The van der Waals surface area contributed by atoms with Crippen LogP contribution in [0.25, 0.3) is 27.7 Å². The van der Waals surface area contributed by atoms with Crippen LogP contribution in [0.3, 0.4) is 0 Å². The molecule has 3 aromatic carbocycles. The second-order valence-corrected chi connectivity index (χ2v) is 7.85. The van der Waals surface area contributed by atoms with Crippen LogP contribution in [0.4, 0.5) is 10.1 Å². The third-order valence-electron chi connectivity index (χ3n) is 5.29. The number of rotatable bonds is 5. The smallest absolute Gasteiger partial charge is 0.248 e. The Morgan fingerprint density at radius 2 is 1.91 bits per heavy atom. The number of furan rings is 1. The summed E-state index contributed by atoms with van der Waals surface area (Å²) < 4.78 is 25.5. The van der Waals surface area contributed by atoms with Gasteiger partial charge in [-0.15, -0.1) is 0 Å². The van der Waals surface area contributed by atoms with Crippen molar-refractivity contribution in [3.8, 4) is 16.9 Å². The number of carbonyl (C=O) groups is 1. The zero-order valence-corrected chi connectivity index (χ0v) is 18.6. The largest absolute Gasteiger partial charge is 0.496 e. The summed E-state index contributed by atoms with van der Waals surface area (Å²) in [6, 6.07) is 16.0. The molecule has 0 unspecified atom stereocenters. The molecule has 0 atom stereocenters. The number of halogens is 2. The quantitative estimate of drug-likeness (QED) is 0.326. The van der Waals surface area contributed by atoms with Crippen LogP contribution in [0.15, 0.2) is 71.4 Å². The van der Waals surface area contributed by atoms with Gasteiger partial charge in [0.05, 0.1) is 19.1 Å². The van der Waals surface area contributed by atoms with E-state index in [-0.39, 0.29) is 10.7 Å². The molecule has 1 aromatic heterocycles. The van der Waals surface area contributed by atoms with Gasteiger partial charge in [-0.25, -0.2) is 4.39 Å². The maximum atomic E-state index is 14.0. The molecule has 1 N–H and O–H groups in total. The molecule has 0 saturated carbocycles. The van der Waals surface area contributed by atoms with Crippen LogP contribution >= 0.6 is 11.6 Å². The van der Waals surface area contributed by atoms with Crippen LogP contribution in [0.5, 0.6) is 5.75 Å². The molecule has 32 heavy (non-hydrogen) atoms. The Kier molecular flexibility index (Phi) is 6.01. The van der Waals surface area contributed by atoms with E-state index in [1.165, 1.54) is 18.2 Å². The minimum absolute atomic E-state index is 0.0586. The number of hydrogen-bond donors (Lipinski definition) is 1. The molecule has 1 amide bonds. The van der Waals surface area contributed by atoms with Crippen molar-refractivity contribution in [3.63, 3.8) is 0 Å². The van der Waals surface area contributed by atoms with Gasteiger partial charge < -0.3 is 14.5 Å². The molecule has 0 bridgehead atoms. The standard InChI is InChI=1S/C26H21ClFNO3/c1-15(11-24(30)29-23-10-9-18(27)12-22(23)28)19-13-20-21(17-7-5-4-6-8-17)14-32-26(20)16(2)25(19)31-3/h4-14H,1-3H3,(H,29,30)/b15-11+. The Labute approximate surface area is 190 Å². The topological polar surface area (TPSA) is 51.5 Å². The highest BCUT2D eigenvalue weighted by Gasteiger charge is 2.19. The molecular weight excluding hydrogens is 429 g/mol. The molecule has 0 aliphatic heterocycles. The van der Waals surface area contributed by atoms with Crippen molar-refractivity contribution < 1.29 is 18.3 Å². The molecule has 0 aliphatic rings. The average Bonchev–Trinajstić information content (AvgIpc) is 3.20. The SMILES string of the molecule is COc1c(/C(C)=C/C(=O)Nc2ccc(Cl)cc2F)cc2c(-c3ccccc3)coc2c1C. The van der Waals surface area contributed by atoms with E-state index in [4.69, 9.17) is 20.8 Å². The van der Waals surface area contributed by atoms with Crippen molar-refractivity contribution in [2.75, 3.05) is 12.4 Å². The lowest BCUT2D eigenvalue weighted by atomic mass is 9.96. The molecule has 0 saturated heterocycles. The van der Waals surface area contributed by atoms with E-state index < -0.39 is 11.7 Å². The maximum Gasteiger partial charge on any atom is 0.248 e.